The number of amides is 1. The third kappa shape index (κ3) is 3.12. The van der Waals surface area contributed by atoms with Gasteiger partial charge in [-0.3, -0.25) is 9.63 Å². The SMILES string of the molecule is CCONC(=O)c1cccc(Br)n1. The Morgan fingerprint density at radius 2 is 2.46 bits per heavy atom. The first-order valence-corrected chi connectivity index (χ1v) is 4.58. The van der Waals surface area contributed by atoms with Crippen molar-refractivity contribution < 1.29 is 9.63 Å². The Bertz CT molecular complexity index is 304. The fourth-order valence-electron chi connectivity index (χ4n) is 0.725. The molecule has 0 unspecified atom stereocenters. The molecular weight excluding hydrogens is 236 g/mol. The lowest BCUT2D eigenvalue weighted by Crippen LogP contribution is -2.24. The van der Waals surface area contributed by atoms with Gasteiger partial charge in [0.15, 0.2) is 0 Å². The van der Waals surface area contributed by atoms with Crippen LogP contribution in [-0.4, -0.2) is 17.5 Å². The van der Waals surface area contributed by atoms with E-state index in [4.69, 9.17) is 4.84 Å². The fourth-order valence-corrected chi connectivity index (χ4v) is 1.07. The van der Waals surface area contributed by atoms with E-state index in [9.17, 15) is 4.79 Å². The third-order valence-corrected chi connectivity index (χ3v) is 1.70. The molecule has 0 bridgehead atoms. The Hall–Kier alpha value is -0.940. The summed E-state index contributed by atoms with van der Waals surface area (Å²) in [4.78, 5) is 19.9. The molecular formula is C8H9BrN2O2. The van der Waals surface area contributed by atoms with Gasteiger partial charge in [-0.1, -0.05) is 6.07 Å². The van der Waals surface area contributed by atoms with E-state index >= 15 is 0 Å². The number of halogens is 1. The maximum atomic E-state index is 11.2. The van der Waals surface area contributed by atoms with Crippen LogP contribution in [0.3, 0.4) is 0 Å². The van der Waals surface area contributed by atoms with Crippen molar-refractivity contribution in [2.45, 2.75) is 6.92 Å². The summed E-state index contributed by atoms with van der Waals surface area (Å²) in [5.41, 5.74) is 2.58. The minimum atomic E-state index is -0.344. The summed E-state index contributed by atoms with van der Waals surface area (Å²) in [5.74, 6) is -0.344. The summed E-state index contributed by atoms with van der Waals surface area (Å²) in [6.45, 7) is 2.22. The van der Waals surface area contributed by atoms with Crippen molar-refractivity contribution in [1.82, 2.24) is 10.5 Å². The Morgan fingerprint density at radius 1 is 1.69 bits per heavy atom. The van der Waals surface area contributed by atoms with E-state index in [2.05, 4.69) is 26.4 Å². The maximum Gasteiger partial charge on any atom is 0.293 e. The molecule has 1 aromatic heterocycles. The molecule has 1 N–H and O–H groups in total. The lowest BCUT2D eigenvalue weighted by molar-refractivity contribution is 0.0360. The van der Waals surface area contributed by atoms with Crippen LogP contribution in [0.5, 0.6) is 0 Å². The molecule has 0 aliphatic rings. The topological polar surface area (TPSA) is 51.2 Å². The van der Waals surface area contributed by atoms with E-state index in [0.29, 0.717) is 16.9 Å². The molecule has 70 valence electrons. The highest BCUT2D eigenvalue weighted by Crippen LogP contribution is 2.05. The second-order valence-electron chi connectivity index (χ2n) is 2.21. The van der Waals surface area contributed by atoms with Gasteiger partial charge in [-0.2, -0.15) is 0 Å². The zero-order chi connectivity index (χ0) is 9.68. The second-order valence-corrected chi connectivity index (χ2v) is 3.02. The van der Waals surface area contributed by atoms with E-state index in [1.807, 2.05) is 0 Å². The summed E-state index contributed by atoms with van der Waals surface area (Å²) in [6, 6.07) is 5.09. The van der Waals surface area contributed by atoms with Crippen LogP contribution < -0.4 is 5.48 Å². The number of hydrogen-bond donors (Lipinski definition) is 1. The van der Waals surface area contributed by atoms with Gasteiger partial charge in [0.1, 0.15) is 10.3 Å². The molecule has 4 nitrogen and oxygen atoms in total. The summed E-state index contributed by atoms with van der Waals surface area (Å²) in [6.07, 6.45) is 0. The largest absolute Gasteiger partial charge is 0.293 e. The zero-order valence-corrected chi connectivity index (χ0v) is 8.67. The average Bonchev–Trinajstić information content (AvgIpc) is 2.14. The summed E-state index contributed by atoms with van der Waals surface area (Å²) >= 11 is 3.17. The van der Waals surface area contributed by atoms with Crippen molar-refractivity contribution in [1.29, 1.82) is 0 Å². The number of hydroxylamine groups is 1. The lowest BCUT2D eigenvalue weighted by Gasteiger charge is -2.02. The van der Waals surface area contributed by atoms with Crippen molar-refractivity contribution in [3.63, 3.8) is 0 Å². The van der Waals surface area contributed by atoms with E-state index in [0.717, 1.165) is 0 Å². The first kappa shape index (κ1) is 10.1. The molecule has 0 fully saturated rings. The van der Waals surface area contributed by atoms with Gasteiger partial charge in [-0.05, 0) is 35.0 Å². The summed E-state index contributed by atoms with van der Waals surface area (Å²) in [5, 5.41) is 0. The second kappa shape index (κ2) is 4.94. The average molecular weight is 245 g/mol. The minimum absolute atomic E-state index is 0.322. The Kier molecular flexibility index (Phi) is 3.85. The van der Waals surface area contributed by atoms with Gasteiger partial charge in [0, 0.05) is 0 Å². The van der Waals surface area contributed by atoms with Crippen LogP contribution in [0.25, 0.3) is 0 Å². The van der Waals surface area contributed by atoms with E-state index in [1.165, 1.54) is 0 Å². The van der Waals surface area contributed by atoms with Crippen LogP contribution in [0.1, 0.15) is 17.4 Å². The molecule has 1 aromatic rings. The third-order valence-electron chi connectivity index (χ3n) is 1.26. The molecule has 0 aliphatic heterocycles. The quantitative estimate of drug-likeness (QED) is 0.648. The predicted octanol–water partition coefficient (Wildman–Crippen LogP) is 1.53. The molecule has 0 aromatic carbocycles. The van der Waals surface area contributed by atoms with Gasteiger partial charge in [-0.15, -0.1) is 0 Å². The molecule has 1 rings (SSSR count). The van der Waals surface area contributed by atoms with Crippen LogP contribution in [0.15, 0.2) is 22.8 Å². The molecule has 1 amide bonds. The predicted molar refractivity (Wildman–Crippen MR) is 51.0 cm³/mol. The van der Waals surface area contributed by atoms with E-state index in [-0.39, 0.29) is 5.91 Å². The Balaban J connectivity index is 2.66. The number of nitrogens with one attached hydrogen (secondary N) is 1. The maximum absolute atomic E-state index is 11.2. The van der Waals surface area contributed by atoms with Crippen LogP contribution in [-0.2, 0) is 4.84 Å². The molecule has 0 atom stereocenters. The standard InChI is InChI=1S/C8H9BrN2O2/c1-2-13-11-8(12)6-4-3-5-7(9)10-6/h3-5H,2H2,1H3,(H,11,12). The van der Waals surface area contributed by atoms with Crippen molar-refractivity contribution in [3.05, 3.63) is 28.5 Å². The number of nitrogens with zero attached hydrogens (tertiary/aromatic N) is 1. The highest BCUT2D eigenvalue weighted by atomic mass is 79.9. The number of carbonyl (C=O) groups is 1. The van der Waals surface area contributed by atoms with E-state index < -0.39 is 0 Å². The first-order valence-electron chi connectivity index (χ1n) is 3.78. The lowest BCUT2D eigenvalue weighted by atomic mass is 10.3. The van der Waals surface area contributed by atoms with Crippen molar-refractivity contribution in [3.8, 4) is 0 Å². The van der Waals surface area contributed by atoms with Crippen LogP contribution in [0.4, 0.5) is 0 Å². The van der Waals surface area contributed by atoms with E-state index in [1.54, 1.807) is 25.1 Å². The van der Waals surface area contributed by atoms with Gasteiger partial charge in [0.25, 0.3) is 5.91 Å². The molecule has 5 heteroatoms. The minimum Gasteiger partial charge on any atom is -0.274 e. The number of carbonyl (C=O) groups excluding carboxylic acids is 1. The summed E-state index contributed by atoms with van der Waals surface area (Å²) in [7, 11) is 0. The van der Waals surface area contributed by atoms with Crippen molar-refractivity contribution >= 4 is 21.8 Å². The Morgan fingerprint density at radius 3 is 3.08 bits per heavy atom. The molecule has 0 aliphatic carbocycles. The zero-order valence-electron chi connectivity index (χ0n) is 7.08. The first-order chi connectivity index (χ1) is 6.24. The highest BCUT2D eigenvalue weighted by molar-refractivity contribution is 9.10. The monoisotopic (exact) mass is 244 g/mol. The molecule has 13 heavy (non-hydrogen) atoms. The van der Waals surface area contributed by atoms with Gasteiger partial charge >= 0.3 is 0 Å². The number of aromatic nitrogens is 1. The normalized spacial score (nSPS) is 9.69. The molecule has 0 saturated carbocycles. The van der Waals surface area contributed by atoms with Gasteiger partial charge in [-0.25, -0.2) is 10.5 Å². The molecule has 1 heterocycles. The summed E-state index contributed by atoms with van der Waals surface area (Å²) < 4.78 is 0.622. The van der Waals surface area contributed by atoms with Crippen LogP contribution >= 0.6 is 15.9 Å². The molecule has 0 saturated heterocycles. The highest BCUT2D eigenvalue weighted by Gasteiger charge is 2.05. The van der Waals surface area contributed by atoms with Gasteiger partial charge in [0.2, 0.25) is 0 Å². The Labute approximate surface area is 84.4 Å². The number of hydrogen-bond acceptors (Lipinski definition) is 3. The molecule has 0 radical (unpaired) electrons. The van der Waals surface area contributed by atoms with Crippen LogP contribution in [0.2, 0.25) is 0 Å². The fraction of sp³-hybridized carbons (Fsp3) is 0.250. The smallest absolute Gasteiger partial charge is 0.274 e. The van der Waals surface area contributed by atoms with Crippen molar-refractivity contribution in [2.75, 3.05) is 6.61 Å². The van der Waals surface area contributed by atoms with Gasteiger partial charge < -0.3 is 0 Å². The van der Waals surface area contributed by atoms with Crippen LogP contribution in [0, 0.1) is 0 Å². The van der Waals surface area contributed by atoms with Crippen molar-refractivity contribution in [2.24, 2.45) is 0 Å². The number of pyridine rings is 1. The molecule has 0 spiro atoms. The van der Waals surface area contributed by atoms with Gasteiger partial charge in [0.05, 0.1) is 6.61 Å². The number of rotatable bonds is 3.